The summed E-state index contributed by atoms with van der Waals surface area (Å²) >= 11 is 0. The van der Waals surface area contributed by atoms with Gasteiger partial charge < -0.3 is 4.74 Å². The van der Waals surface area contributed by atoms with Crippen LogP contribution in [0.5, 0.6) is 5.75 Å². The number of ether oxygens (including phenoxy) is 1. The monoisotopic (exact) mass is 248 g/mol. The summed E-state index contributed by atoms with van der Waals surface area (Å²) in [4.78, 5) is 0. The molecule has 0 heterocycles. The largest absolute Gasteiger partial charge is 0.496 e. The van der Waals surface area contributed by atoms with E-state index in [0.717, 1.165) is 0 Å². The number of nitrogens with one attached hydrogen (secondary N) is 1. The summed E-state index contributed by atoms with van der Waals surface area (Å²) < 4.78 is 42.2. The topological polar surface area (TPSA) is 81.4 Å². The van der Waals surface area contributed by atoms with Gasteiger partial charge >= 0.3 is 0 Å². The Morgan fingerprint density at radius 3 is 2.62 bits per heavy atom. The second-order valence-corrected chi connectivity index (χ2v) is 4.57. The fraction of sp³-hybridized carbons (Fsp3) is 0.333. The first-order chi connectivity index (χ1) is 7.35. The number of methoxy groups -OCH3 is 1. The van der Waals surface area contributed by atoms with E-state index in [0.29, 0.717) is 0 Å². The zero-order chi connectivity index (χ0) is 12.3. The quantitative estimate of drug-likeness (QED) is 0.822. The Balaban J connectivity index is 3.12. The van der Waals surface area contributed by atoms with Gasteiger partial charge in [-0.3, -0.25) is 0 Å². The molecule has 16 heavy (non-hydrogen) atoms. The van der Waals surface area contributed by atoms with Crippen LogP contribution in [0.1, 0.15) is 18.5 Å². The molecular weight excluding hydrogens is 235 g/mol. The maximum Gasteiger partial charge on any atom is 0.274 e. The van der Waals surface area contributed by atoms with Gasteiger partial charge in [-0.05, 0) is 19.1 Å². The van der Waals surface area contributed by atoms with Gasteiger partial charge in [-0.15, -0.1) is 0 Å². The third-order valence-electron chi connectivity index (χ3n) is 2.01. The Bertz CT molecular complexity index is 476. The van der Waals surface area contributed by atoms with Gasteiger partial charge in [-0.1, -0.05) is 6.07 Å². The highest BCUT2D eigenvalue weighted by atomic mass is 32.2. The molecule has 0 amide bonds. The van der Waals surface area contributed by atoms with Crippen molar-refractivity contribution in [3.8, 4) is 5.75 Å². The van der Waals surface area contributed by atoms with Crippen molar-refractivity contribution in [2.24, 2.45) is 5.14 Å². The lowest BCUT2D eigenvalue weighted by atomic mass is 10.1. The molecule has 1 aromatic carbocycles. The molecule has 7 heteroatoms. The zero-order valence-electron chi connectivity index (χ0n) is 8.90. The van der Waals surface area contributed by atoms with Crippen LogP contribution in [0.25, 0.3) is 0 Å². The number of halogens is 1. The maximum absolute atomic E-state index is 13.5. The van der Waals surface area contributed by atoms with E-state index < -0.39 is 22.1 Å². The molecule has 0 saturated heterocycles. The number of hydrogen-bond donors (Lipinski definition) is 2. The molecule has 0 saturated carbocycles. The highest BCUT2D eigenvalue weighted by Crippen LogP contribution is 2.27. The second kappa shape index (κ2) is 4.77. The van der Waals surface area contributed by atoms with Crippen molar-refractivity contribution in [3.05, 3.63) is 29.6 Å². The number of benzene rings is 1. The molecule has 1 unspecified atom stereocenters. The van der Waals surface area contributed by atoms with Crippen LogP contribution in [0.2, 0.25) is 0 Å². The van der Waals surface area contributed by atoms with Gasteiger partial charge in [0.2, 0.25) is 0 Å². The summed E-state index contributed by atoms with van der Waals surface area (Å²) in [6, 6.07) is 3.44. The van der Waals surface area contributed by atoms with E-state index in [1.807, 2.05) is 0 Å². The van der Waals surface area contributed by atoms with Crippen LogP contribution in [-0.4, -0.2) is 15.5 Å². The van der Waals surface area contributed by atoms with E-state index in [9.17, 15) is 12.8 Å². The van der Waals surface area contributed by atoms with E-state index in [2.05, 4.69) is 4.72 Å². The summed E-state index contributed by atoms with van der Waals surface area (Å²) in [6.07, 6.45) is 0. The van der Waals surface area contributed by atoms with Gasteiger partial charge in [0.15, 0.2) is 0 Å². The Morgan fingerprint density at radius 1 is 1.50 bits per heavy atom. The minimum Gasteiger partial charge on any atom is -0.496 e. The SMILES string of the molecule is COc1cccc(F)c1C(C)NS(N)(=O)=O. The molecule has 0 radical (unpaired) electrons. The van der Waals surface area contributed by atoms with E-state index in [4.69, 9.17) is 9.88 Å². The van der Waals surface area contributed by atoms with Crippen LogP contribution in [0.4, 0.5) is 4.39 Å². The minimum atomic E-state index is -3.89. The Kier molecular flexibility index (Phi) is 3.84. The average molecular weight is 248 g/mol. The molecule has 90 valence electrons. The van der Waals surface area contributed by atoms with Crippen molar-refractivity contribution in [2.75, 3.05) is 7.11 Å². The summed E-state index contributed by atoms with van der Waals surface area (Å²) in [7, 11) is -2.51. The Labute approximate surface area is 93.6 Å². The van der Waals surface area contributed by atoms with E-state index in [1.54, 1.807) is 6.07 Å². The van der Waals surface area contributed by atoms with Crippen LogP contribution in [0.15, 0.2) is 18.2 Å². The van der Waals surface area contributed by atoms with Crippen LogP contribution >= 0.6 is 0 Å². The first-order valence-corrected chi connectivity index (χ1v) is 6.02. The smallest absolute Gasteiger partial charge is 0.274 e. The highest BCUT2D eigenvalue weighted by Gasteiger charge is 2.19. The van der Waals surface area contributed by atoms with Gasteiger partial charge in [0.25, 0.3) is 10.2 Å². The van der Waals surface area contributed by atoms with E-state index in [-0.39, 0.29) is 11.3 Å². The molecule has 3 N–H and O–H groups in total. The number of hydrogen-bond acceptors (Lipinski definition) is 3. The Hall–Kier alpha value is -1.18. The van der Waals surface area contributed by atoms with Gasteiger partial charge in [-0.2, -0.15) is 13.1 Å². The molecular formula is C9H13FN2O3S. The normalized spacial score (nSPS) is 13.5. The van der Waals surface area contributed by atoms with Crippen molar-refractivity contribution in [1.29, 1.82) is 0 Å². The molecule has 1 aromatic rings. The second-order valence-electron chi connectivity index (χ2n) is 3.24. The van der Waals surface area contributed by atoms with Crippen molar-refractivity contribution < 1.29 is 17.5 Å². The predicted molar refractivity (Wildman–Crippen MR) is 57.6 cm³/mol. The first-order valence-electron chi connectivity index (χ1n) is 4.47. The van der Waals surface area contributed by atoms with Crippen molar-refractivity contribution in [1.82, 2.24) is 4.72 Å². The summed E-state index contributed by atoms with van der Waals surface area (Å²) in [6.45, 7) is 1.48. The fourth-order valence-corrected chi connectivity index (χ4v) is 2.03. The molecule has 0 aliphatic carbocycles. The average Bonchev–Trinajstić information content (AvgIpc) is 2.14. The first kappa shape index (κ1) is 12.9. The van der Waals surface area contributed by atoms with Crippen LogP contribution < -0.4 is 14.6 Å². The van der Waals surface area contributed by atoms with Crippen molar-refractivity contribution >= 4 is 10.2 Å². The van der Waals surface area contributed by atoms with Crippen LogP contribution in [-0.2, 0) is 10.2 Å². The molecule has 0 aliphatic heterocycles. The third kappa shape index (κ3) is 3.16. The van der Waals surface area contributed by atoms with Gasteiger partial charge in [0.1, 0.15) is 11.6 Å². The van der Waals surface area contributed by atoms with E-state index in [1.165, 1.54) is 26.2 Å². The zero-order valence-corrected chi connectivity index (χ0v) is 9.71. The molecule has 0 aliphatic rings. The van der Waals surface area contributed by atoms with Gasteiger partial charge in [-0.25, -0.2) is 9.53 Å². The van der Waals surface area contributed by atoms with Gasteiger partial charge in [0, 0.05) is 5.56 Å². The molecule has 0 bridgehead atoms. The van der Waals surface area contributed by atoms with E-state index >= 15 is 0 Å². The predicted octanol–water partition coefficient (Wildman–Crippen LogP) is 0.688. The van der Waals surface area contributed by atoms with Crippen LogP contribution in [0, 0.1) is 5.82 Å². The van der Waals surface area contributed by atoms with Crippen molar-refractivity contribution in [2.45, 2.75) is 13.0 Å². The molecule has 1 rings (SSSR count). The van der Waals surface area contributed by atoms with Crippen LogP contribution in [0.3, 0.4) is 0 Å². The summed E-state index contributed by atoms with van der Waals surface area (Å²) in [5, 5.41) is 4.81. The maximum atomic E-state index is 13.5. The lowest BCUT2D eigenvalue weighted by Gasteiger charge is -2.16. The Morgan fingerprint density at radius 2 is 2.12 bits per heavy atom. The third-order valence-corrected chi connectivity index (χ3v) is 2.69. The molecule has 1 atom stereocenters. The molecule has 0 spiro atoms. The summed E-state index contributed by atoms with van der Waals surface area (Å²) in [5.74, 6) is -0.286. The minimum absolute atomic E-state index is 0.124. The number of nitrogens with two attached hydrogens (primary N) is 1. The molecule has 0 aromatic heterocycles. The van der Waals surface area contributed by atoms with Gasteiger partial charge in [0.05, 0.1) is 13.2 Å². The number of rotatable bonds is 4. The molecule has 0 fully saturated rings. The lowest BCUT2D eigenvalue weighted by molar-refractivity contribution is 0.398. The lowest BCUT2D eigenvalue weighted by Crippen LogP contribution is -2.33. The molecule has 5 nitrogen and oxygen atoms in total. The van der Waals surface area contributed by atoms with Crippen molar-refractivity contribution in [3.63, 3.8) is 0 Å². The summed E-state index contributed by atoms with van der Waals surface area (Å²) in [5.41, 5.74) is 0.124. The fourth-order valence-electron chi connectivity index (χ4n) is 1.42. The standard InChI is InChI=1S/C9H13FN2O3S/c1-6(12-16(11,13)14)9-7(10)4-3-5-8(9)15-2/h3-6,12H,1-2H3,(H2,11,13,14). The highest BCUT2D eigenvalue weighted by molar-refractivity contribution is 7.87.